The fraction of sp³-hybridized carbons (Fsp3) is 0.643. The topological polar surface area (TPSA) is 142 Å². The summed E-state index contributed by atoms with van der Waals surface area (Å²) < 4.78 is 0. The number of pyridine rings is 1. The van der Waals surface area contributed by atoms with E-state index in [4.69, 9.17) is 16.5 Å². The summed E-state index contributed by atoms with van der Waals surface area (Å²) in [6, 6.07) is 13.3. The van der Waals surface area contributed by atoms with E-state index in [9.17, 15) is 9.59 Å². The van der Waals surface area contributed by atoms with Gasteiger partial charge in [-0.2, -0.15) is 0 Å². The number of aliphatic imine (C=N–C) groups is 2. The zero-order valence-electron chi connectivity index (χ0n) is 31.9. The molecule has 10 heteroatoms. The van der Waals surface area contributed by atoms with Crippen molar-refractivity contribution < 1.29 is 9.59 Å². The lowest BCUT2D eigenvalue weighted by Crippen LogP contribution is -2.47. The Labute approximate surface area is 311 Å². The number of guanidine groups is 2. The molecule has 5 aliphatic rings. The average molecular weight is 711 g/mol. The summed E-state index contributed by atoms with van der Waals surface area (Å²) in [5.74, 6) is 2.16. The molecule has 4 atom stereocenters. The van der Waals surface area contributed by atoms with Gasteiger partial charge in [-0.15, -0.1) is 0 Å². The molecule has 0 bridgehead atoms. The van der Waals surface area contributed by atoms with E-state index in [1.807, 2.05) is 49.5 Å². The van der Waals surface area contributed by atoms with E-state index in [2.05, 4.69) is 15.3 Å². The molecule has 0 radical (unpaired) electrons. The highest BCUT2D eigenvalue weighted by molar-refractivity contribution is 6.06. The van der Waals surface area contributed by atoms with Crippen LogP contribution in [-0.4, -0.2) is 70.2 Å². The summed E-state index contributed by atoms with van der Waals surface area (Å²) >= 11 is 0. The van der Waals surface area contributed by atoms with E-state index < -0.39 is 11.1 Å². The SMILES string of the molecule is CN1C(=O)C[C@@](C)(c2cccc(-c3cccnc3)c2)N=C1N.CN1C(=O)[C@@](CCC2CCCCC2)(C[C@H]2CCC[C@@H](NC3CCCCC3)C2)N=C1N. The van der Waals surface area contributed by atoms with Gasteiger partial charge in [0.15, 0.2) is 11.9 Å². The molecule has 1 aromatic heterocycles. The van der Waals surface area contributed by atoms with E-state index in [1.165, 1.54) is 94.8 Å². The monoisotopic (exact) mass is 710 g/mol. The van der Waals surface area contributed by atoms with Crippen LogP contribution in [0, 0.1) is 11.8 Å². The Morgan fingerprint density at radius 1 is 0.788 bits per heavy atom. The third-order valence-electron chi connectivity index (χ3n) is 12.6. The van der Waals surface area contributed by atoms with E-state index in [0.717, 1.165) is 47.9 Å². The van der Waals surface area contributed by atoms with Gasteiger partial charge in [-0.25, -0.2) is 9.98 Å². The molecule has 3 saturated carbocycles. The largest absolute Gasteiger partial charge is 0.369 e. The summed E-state index contributed by atoms with van der Waals surface area (Å²) in [7, 11) is 3.45. The lowest BCUT2D eigenvalue weighted by Gasteiger charge is -2.37. The molecule has 1 aromatic carbocycles. The van der Waals surface area contributed by atoms with Crippen LogP contribution in [0.15, 0.2) is 58.8 Å². The Morgan fingerprint density at radius 2 is 1.46 bits per heavy atom. The van der Waals surface area contributed by atoms with Gasteiger partial charge in [0.05, 0.1) is 12.0 Å². The maximum Gasteiger partial charge on any atom is 0.257 e. The second-order valence-electron chi connectivity index (χ2n) is 16.5. The number of carbonyl (C=O) groups excluding carboxylic acids is 2. The lowest BCUT2D eigenvalue weighted by molar-refractivity contribution is -0.131. The summed E-state index contributed by atoms with van der Waals surface area (Å²) in [4.78, 5) is 41.9. The lowest BCUT2D eigenvalue weighted by atomic mass is 9.74. The van der Waals surface area contributed by atoms with Gasteiger partial charge in [0.25, 0.3) is 5.91 Å². The van der Waals surface area contributed by atoms with Crippen molar-refractivity contribution in [2.75, 3.05) is 14.1 Å². The van der Waals surface area contributed by atoms with Crippen molar-refractivity contribution in [2.45, 2.75) is 146 Å². The van der Waals surface area contributed by atoms with Crippen LogP contribution >= 0.6 is 0 Å². The minimum Gasteiger partial charge on any atom is -0.369 e. The molecule has 0 saturated heterocycles. The molecule has 3 aliphatic carbocycles. The van der Waals surface area contributed by atoms with Gasteiger partial charge in [0.1, 0.15) is 5.54 Å². The van der Waals surface area contributed by atoms with Crippen molar-refractivity contribution in [2.24, 2.45) is 33.3 Å². The fourth-order valence-corrected chi connectivity index (χ4v) is 9.42. The van der Waals surface area contributed by atoms with Crippen molar-refractivity contribution in [1.82, 2.24) is 20.1 Å². The predicted molar refractivity (Wildman–Crippen MR) is 209 cm³/mol. The first-order valence-corrected chi connectivity index (χ1v) is 20.1. The summed E-state index contributed by atoms with van der Waals surface area (Å²) in [5.41, 5.74) is 13.9. The molecular weight excluding hydrogens is 649 g/mol. The second-order valence-corrected chi connectivity index (χ2v) is 16.5. The molecular formula is C42H62N8O2. The number of aromatic nitrogens is 1. The highest BCUT2D eigenvalue weighted by atomic mass is 16.2. The van der Waals surface area contributed by atoms with E-state index in [1.54, 1.807) is 25.2 Å². The number of benzene rings is 1. The summed E-state index contributed by atoms with van der Waals surface area (Å²) in [6.45, 7) is 1.94. The number of hydrogen-bond acceptors (Lipinski definition) is 8. The number of amides is 2. The standard InChI is InChI=1S/C25H44N4O.C17H18N4O/c1-29-23(30)25(28-24(29)26,16-15-19-9-4-2-5-10-19)18-20-11-8-14-22(17-20)27-21-12-6-3-7-13-21;1-17(10-15(22)21(2)16(18)20-17)14-7-3-5-12(9-14)13-6-4-8-19-11-13/h19-22,27H,2-18H2,1H3,(H2,26,28);3-9,11H,10H2,1-2H3,(H2,18,20)/t20-,22+,25+;17-/m00/s1. The molecule has 52 heavy (non-hydrogen) atoms. The molecule has 2 aromatic rings. The predicted octanol–water partition coefficient (Wildman–Crippen LogP) is 6.88. The van der Waals surface area contributed by atoms with Crippen molar-refractivity contribution in [3.63, 3.8) is 0 Å². The van der Waals surface area contributed by atoms with Gasteiger partial charge >= 0.3 is 0 Å². The van der Waals surface area contributed by atoms with Crippen molar-refractivity contribution in [1.29, 1.82) is 0 Å². The molecule has 2 aliphatic heterocycles. The van der Waals surface area contributed by atoms with Crippen molar-refractivity contribution in [3.8, 4) is 11.1 Å². The number of likely N-dealkylation sites (N-methyl/N-ethyl adjacent to an activating group) is 1. The number of hydrogen-bond donors (Lipinski definition) is 3. The maximum atomic E-state index is 13.3. The van der Waals surface area contributed by atoms with Crippen LogP contribution in [0.4, 0.5) is 0 Å². The Hall–Kier alpha value is -3.79. The highest BCUT2D eigenvalue weighted by Gasteiger charge is 2.48. The van der Waals surface area contributed by atoms with Crippen LogP contribution in [-0.2, 0) is 15.1 Å². The maximum absolute atomic E-state index is 13.3. The van der Waals surface area contributed by atoms with Crippen LogP contribution in [0.1, 0.15) is 128 Å². The molecule has 5 N–H and O–H groups in total. The van der Waals surface area contributed by atoms with E-state index in [-0.39, 0.29) is 17.8 Å². The number of rotatable bonds is 9. The van der Waals surface area contributed by atoms with Gasteiger partial charge in [0, 0.05) is 38.6 Å². The third kappa shape index (κ3) is 9.04. The van der Waals surface area contributed by atoms with Gasteiger partial charge < -0.3 is 16.8 Å². The van der Waals surface area contributed by atoms with Crippen LogP contribution < -0.4 is 16.8 Å². The number of nitrogens with one attached hydrogen (secondary N) is 1. The molecule has 7 rings (SSSR count). The van der Waals surface area contributed by atoms with Crippen LogP contribution in [0.3, 0.4) is 0 Å². The van der Waals surface area contributed by atoms with Crippen LogP contribution in [0.5, 0.6) is 0 Å². The van der Waals surface area contributed by atoms with Crippen molar-refractivity contribution in [3.05, 3.63) is 54.4 Å². The van der Waals surface area contributed by atoms with Crippen LogP contribution in [0.25, 0.3) is 11.1 Å². The Bertz CT molecular complexity index is 1580. The number of carbonyl (C=O) groups is 2. The number of nitrogens with two attached hydrogens (primary N) is 2. The smallest absolute Gasteiger partial charge is 0.257 e. The third-order valence-corrected chi connectivity index (χ3v) is 12.6. The molecule has 2 amide bonds. The van der Waals surface area contributed by atoms with Crippen LogP contribution in [0.2, 0.25) is 0 Å². The van der Waals surface area contributed by atoms with E-state index >= 15 is 0 Å². The van der Waals surface area contributed by atoms with Crippen molar-refractivity contribution >= 4 is 23.7 Å². The van der Waals surface area contributed by atoms with Gasteiger partial charge in [0.2, 0.25) is 5.91 Å². The molecule has 0 unspecified atom stereocenters. The average Bonchev–Trinajstić information content (AvgIpc) is 3.37. The summed E-state index contributed by atoms with van der Waals surface area (Å²) in [5, 5.41) is 3.98. The second kappa shape index (κ2) is 16.9. The van der Waals surface area contributed by atoms with E-state index in [0.29, 0.717) is 24.3 Å². The quantitative estimate of drug-likeness (QED) is 0.259. The Kier molecular flexibility index (Phi) is 12.3. The molecule has 10 nitrogen and oxygen atoms in total. The molecule has 0 spiro atoms. The first-order chi connectivity index (χ1) is 25.0. The minimum absolute atomic E-state index is 0.0261. The highest BCUT2D eigenvalue weighted by Crippen LogP contribution is 2.41. The molecule has 282 valence electrons. The minimum atomic E-state index is -0.633. The molecule has 3 heterocycles. The van der Waals surface area contributed by atoms with Gasteiger partial charge in [-0.05, 0) is 92.5 Å². The summed E-state index contributed by atoms with van der Waals surface area (Å²) in [6.07, 6.45) is 25.4. The number of nitrogens with zero attached hydrogens (tertiary/aromatic N) is 5. The zero-order valence-corrected chi connectivity index (χ0v) is 31.9. The fourth-order valence-electron chi connectivity index (χ4n) is 9.42. The first-order valence-electron chi connectivity index (χ1n) is 20.1. The first kappa shape index (κ1) is 38.0. The molecule has 3 fully saturated rings. The zero-order chi connectivity index (χ0) is 36.7. The van der Waals surface area contributed by atoms with Gasteiger partial charge in [-0.3, -0.25) is 24.4 Å². The van der Waals surface area contributed by atoms with Gasteiger partial charge in [-0.1, -0.05) is 88.5 Å². The normalized spacial score (nSPS) is 29.0. The Morgan fingerprint density at radius 3 is 2.13 bits per heavy atom. The Balaban J connectivity index is 0.000000187.